The summed E-state index contributed by atoms with van der Waals surface area (Å²) in [7, 11) is 0. The molecule has 4 unspecified atom stereocenters. The summed E-state index contributed by atoms with van der Waals surface area (Å²) in [5.41, 5.74) is 0.406. The number of fused-ring (bicyclic) bond motifs is 2. The van der Waals surface area contributed by atoms with Gasteiger partial charge in [-0.3, -0.25) is 4.90 Å². The van der Waals surface area contributed by atoms with Gasteiger partial charge in [0.2, 0.25) is 0 Å². The van der Waals surface area contributed by atoms with Crippen LogP contribution >= 0.6 is 0 Å². The van der Waals surface area contributed by atoms with Crippen molar-refractivity contribution in [2.45, 2.75) is 76.8 Å². The van der Waals surface area contributed by atoms with E-state index >= 15 is 0 Å². The third-order valence-corrected chi connectivity index (χ3v) is 7.53. The fraction of sp³-hybridized carbons (Fsp3) is 1.00. The molecule has 3 saturated carbocycles. The molecule has 3 aliphatic carbocycles. The van der Waals surface area contributed by atoms with Gasteiger partial charge in [-0.1, -0.05) is 20.3 Å². The Morgan fingerprint density at radius 2 is 1.76 bits per heavy atom. The second-order valence-corrected chi connectivity index (χ2v) is 8.64. The fourth-order valence-corrected chi connectivity index (χ4v) is 5.78. The van der Waals surface area contributed by atoms with E-state index in [4.69, 9.17) is 0 Å². The zero-order chi connectivity index (χ0) is 14.4. The molecule has 1 heterocycles. The summed E-state index contributed by atoms with van der Waals surface area (Å²) in [5.74, 6) is 4.24. The highest BCUT2D eigenvalue weighted by Crippen LogP contribution is 2.49. The normalized spacial score (nSPS) is 42.6. The van der Waals surface area contributed by atoms with Crippen molar-refractivity contribution in [1.29, 1.82) is 0 Å². The lowest BCUT2D eigenvalue weighted by molar-refractivity contribution is 0.0411. The van der Waals surface area contributed by atoms with Crippen molar-refractivity contribution in [3.63, 3.8) is 0 Å². The molecular weight excluding hydrogens is 256 g/mol. The lowest BCUT2D eigenvalue weighted by Crippen LogP contribution is -2.65. The van der Waals surface area contributed by atoms with Gasteiger partial charge in [0.15, 0.2) is 0 Å². The van der Waals surface area contributed by atoms with E-state index in [0.717, 1.165) is 29.7 Å². The van der Waals surface area contributed by atoms with Gasteiger partial charge in [-0.05, 0) is 68.6 Å². The Morgan fingerprint density at radius 1 is 1.00 bits per heavy atom. The van der Waals surface area contributed by atoms with Crippen molar-refractivity contribution < 1.29 is 0 Å². The molecule has 2 nitrogen and oxygen atoms in total. The number of hydrogen-bond donors (Lipinski definition) is 1. The van der Waals surface area contributed by atoms with Gasteiger partial charge in [0.25, 0.3) is 0 Å². The summed E-state index contributed by atoms with van der Waals surface area (Å²) in [6.07, 6.45) is 11.8. The zero-order valence-electron chi connectivity index (χ0n) is 14.1. The highest BCUT2D eigenvalue weighted by atomic mass is 15.3. The quantitative estimate of drug-likeness (QED) is 0.831. The first-order chi connectivity index (χ1) is 10.2. The smallest absolute Gasteiger partial charge is 0.0304 e. The van der Waals surface area contributed by atoms with Gasteiger partial charge in [-0.25, -0.2) is 0 Å². The third-order valence-electron chi connectivity index (χ3n) is 7.53. The predicted octanol–water partition coefficient (Wildman–Crippen LogP) is 3.67. The van der Waals surface area contributed by atoms with Crippen molar-refractivity contribution in [2.24, 2.45) is 23.7 Å². The molecular formula is C19H34N2. The fourth-order valence-electron chi connectivity index (χ4n) is 5.78. The highest BCUT2D eigenvalue weighted by Gasteiger charge is 2.46. The van der Waals surface area contributed by atoms with Gasteiger partial charge in [0, 0.05) is 31.2 Å². The van der Waals surface area contributed by atoms with Crippen LogP contribution in [-0.2, 0) is 0 Å². The maximum atomic E-state index is 3.95. The molecule has 1 aliphatic heterocycles. The maximum Gasteiger partial charge on any atom is 0.0304 e. The third kappa shape index (κ3) is 2.67. The minimum atomic E-state index is 0.406. The molecule has 0 aromatic rings. The van der Waals surface area contributed by atoms with Gasteiger partial charge in [-0.15, -0.1) is 0 Å². The summed E-state index contributed by atoms with van der Waals surface area (Å²) in [6, 6.07) is 0.857. The van der Waals surface area contributed by atoms with Crippen LogP contribution < -0.4 is 5.32 Å². The molecule has 4 rings (SSSR count). The van der Waals surface area contributed by atoms with E-state index in [9.17, 15) is 0 Å². The van der Waals surface area contributed by atoms with Crippen molar-refractivity contribution >= 4 is 0 Å². The van der Waals surface area contributed by atoms with E-state index in [1.165, 1.54) is 45.3 Å². The first-order valence-electron chi connectivity index (χ1n) is 9.72. The average molecular weight is 290 g/mol. The maximum absolute atomic E-state index is 3.95. The summed E-state index contributed by atoms with van der Waals surface area (Å²) in [4.78, 5) is 2.95. The van der Waals surface area contributed by atoms with Crippen LogP contribution in [0.1, 0.15) is 65.2 Å². The molecule has 4 aliphatic rings. The minimum absolute atomic E-state index is 0.406. The Balaban J connectivity index is 1.45. The van der Waals surface area contributed by atoms with Crippen LogP contribution in [0, 0.1) is 23.7 Å². The van der Waals surface area contributed by atoms with Crippen LogP contribution in [0.4, 0.5) is 0 Å². The Kier molecular flexibility index (Phi) is 3.82. The van der Waals surface area contributed by atoms with Crippen LogP contribution in [0.5, 0.6) is 0 Å². The molecule has 0 aromatic carbocycles. The SMILES string of the molecule is CCC1(CC)CN(CC2CC3CCC2C3)C(C2CC2)CN1. The molecule has 2 heteroatoms. The van der Waals surface area contributed by atoms with Crippen LogP contribution in [0.3, 0.4) is 0 Å². The molecule has 0 amide bonds. The number of rotatable bonds is 5. The summed E-state index contributed by atoms with van der Waals surface area (Å²) < 4.78 is 0. The molecule has 2 bridgehead atoms. The number of nitrogens with zero attached hydrogens (tertiary/aromatic N) is 1. The second-order valence-electron chi connectivity index (χ2n) is 8.64. The van der Waals surface area contributed by atoms with Gasteiger partial charge in [-0.2, -0.15) is 0 Å². The van der Waals surface area contributed by atoms with Gasteiger partial charge < -0.3 is 5.32 Å². The van der Waals surface area contributed by atoms with E-state index < -0.39 is 0 Å². The lowest BCUT2D eigenvalue weighted by atomic mass is 9.84. The number of hydrogen-bond acceptors (Lipinski definition) is 2. The van der Waals surface area contributed by atoms with E-state index in [0.29, 0.717) is 5.54 Å². The first-order valence-corrected chi connectivity index (χ1v) is 9.72. The molecule has 1 saturated heterocycles. The average Bonchev–Trinajstić information content (AvgIpc) is 3.15. The molecule has 0 radical (unpaired) electrons. The lowest BCUT2D eigenvalue weighted by Gasteiger charge is -2.49. The van der Waals surface area contributed by atoms with E-state index in [1.54, 1.807) is 25.7 Å². The Hall–Kier alpha value is -0.0800. The van der Waals surface area contributed by atoms with Crippen molar-refractivity contribution in [3.8, 4) is 0 Å². The monoisotopic (exact) mass is 290 g/mol. The summed E-state index contributed by atoms with van der Waals surface area (Å²) in [6.45, 7) is 8.75. The molecule has 21 heavy (non-hydrogen) atoms. The largest absolute Gasteiger partial charge is 0.308 e. The Bertz CT molecular complexity index is 372. The van der Waals surface area contributed by atoms with Gasteiger partial charge in [0.1, 0.15) is 0 Å². The van der Waals surface area contributed by atoms with Crippen molar-refractivity contribution in [1.82, 2.24) is 10.2 Å². The summed E-state index contributed by atoms with van der Waals surface area (Å²) in [5, 5.41) is 3.95. The Morgan fingerprint density at radius 3 is 2.33 bits per heavy atom. The molecule has 4 atom stereocenters. The van der Waals surface area contributed by atoms with Crippen molar-refractivity contribution in [3.05, 3.63) is 0 Å². The van der Waals surface area contributed by atoms with Gasteiger partial charge in [0.05, 0.1) is 0 Å². The van der Waals surface area contributed by atoms with Gasteiger partial charge >= 0.3 is 0 Å². The number of nitrogens with one attached hydrogen (secondary N) is 1. The van der Waals surface area contributed by atoms with E-state index in [1.807, 2.05) is 0 Å². The van der Waals surface area contributed by atoms with Crippen LogP contribution in [0.15, 0.2) is 0 Å². The molecule has 120 valence electrons. The van der Waals surface area contributed by atoms with Crippen molar-refractivity contribution in [2.75, 3.05) is 19.6 Å². The van der Waals surface area contributed by atoms with E-state index in [-0.39, 0.29) is 0 Å². The molecule has 0 spiro atoms. The molecule has 1 N–H and O–H groups in total. The highest BCUT2D eigenvalue weighted by molar-refractivity contribution is 5.02. The first kappa shape index (κ1) is 14.5. The van der Waals surface area contributed by atoms with Crippen LogP contribution in [0.25, 0.3) is 0 Å². The molecule has 0 aromatic heterocycles. The van der Waals surface area contributed by atoms with Crippen LogP contribution in [-0.4, -0.2) is 36.1 Å². The number of piperazine rings is 1. The topological polar surface area (TPSA) is 15.3 Å². The Labute approximate surface area is 131 Å². The standard InChI is InChI=1S/C19H34N2/c1-3-19(4-2)13-21(18(11-20-19)15-7-8-15)12-17-10-14-5-6-16(17)9-14/h14-18,20H,3-13H2,1-2H3. The minimum Gasteiger partial charge on any atom is -0.308 e. The predicted molar refractivity (Wildman–Crippen MR) is 88.3 cm³/mol. The van der Waals surface area contributed by atoms with E-state index in [2.05, 4.69) is 24.1 Å². The second kappa shape index (κ2) is 5.53. The summed E-state index contributed by atoms with van der Waals surface area (Å²) >= 11 is 0. The molecule has 4 fully saturated rings. The zero-order valence-corrected chi connectivity index (χ0v) is 14.1. The van der Waals surface area contributed by atoms with Crippen LogP contribution in [0.2, 0.25) is 0 Å².